The van der Waals surface area contributed by atoms with Crippen LogP contribution in [0.5, 0.6) is 0 Å². The van der Waals surface area contributed by atoms with Gasteiger partial charge in [-0.3, -0.25) is 9.10 Å². The van der Waals surface area contributed by atoms with Crippen molar-refractivity contribution in [1.29, 1.82) is 0 Å². The minimum absolute atomic E-state index is 0.239. The quantitative estimate of drug-likeness (QED) is 0.840. The molecule has 5 nitrogen and oxygen atoms in total. The number of hydrogen-bond donors (Lipinski definition) is 1. The van der Waals surface area contributed by atoms with Crippen molar-refractivity contribution in [3.8, 4) is 0 Å². The lowest BCUT2D eigenvalue weighted by molar-refractivity contribution is -0.120. The third kappa shape index (κ3) is 5.05. The molecule has 26 heavy (non-hydrogen) atoms. The topological polar surface area (TPSA) is 66.5 Å². The van der Waals surface area contributed by atoms with Crippen molar-refractivity contribution >= 4 is 21.6 Å². The molecular formula is C19H23FN2O3S. The Kier molecular flexibility index (Phi) is 6.02. The minimum Gasteiger partial charge on any atom is -0.348 e. The standard InChI is InChI=1S/C19H23FN2O3S/c1-13-5-10-18(14(2)11-13)15(3)21-19(23)12-22(26(4,24)25)17-8-6-16(20)7-9-17/h5-11,15H,12H2,1-4H3,(H,21,23). The summed E-state index contributed by atoms with van der Waals surface area (Å²) in [7, 11) is -3.69. The molecule has 0 saturated heterocycles. The van der Waals surface area contributed by atoms with Crippen molar-refractivity contribution in [2.45, 2.75) is 26.8 Å². The van der Waals surface area contributed by atoms with Crippen molar-refractivity contribution < 1.29 is 17.6 Å². The Morgan fingerprint density at radius 3 is 2.31 bits per heavy atom. The summed E-state index contributed by atoms with van der Waals surface area (Å²) in [6.45, 7) is 5.43. The van der Waals surface area contributed by atoms with E-state index < -0.39 is 21.7 Å². The van der Waals surface area contributed by atoms with Crippen LogP contribution in [0.1, 0.15) is 29.7 Å². The van der Waals surface area contributed by atoms with Gasteiger partial charge in [0.15, 0.2) is 0 Å². The summed E-state index contributed by atoms with van der Waals surface area (Å²) < 4.78 is 38.1. The van der Waals surface area contributed by atoms with E-state index >= 15 is 0 Å². The lowest BCUT2D eigenvalue weighted by Crippen LogP contribution is -2.41. The number of benzene rings is 2. The van der Waals surface area contributed by atoms with Gasteiger partial charge in [-0.25, -0.2) is 12.8 Å². The number of anilines is 1. The number of amides is 1. The third-order valence-electron chi connectivity index (χ3n) is 4.07. The van der Waals surface area contributed by atoms with Gasteiger partial charge >= 0.3 is 0 Å². The number of hydrogen-bond acceptors (Lipinski definition) is 3. The maximum absolute atomic E-state index is 13.1. The van der Waals surface area contributed by atoms with E-state index in [2.05, 4.69) is 5.32 Å². The van der Waals surface area contributed by atoms with Gasteiger partial charge in [0, 0.05) is 0 Å². The van der Waals surface area contributed by atoms with Crippen molar-refractivity contribution in [3.63, 3.8) is 0 Å². The van der Waals surface area contributed by atoms with Gasteiger partial charge in [0.25, 0.3) is 0 Å². The average molecular weight is 378 g/mol. The molecule has 0 heterocycles. The summed E-state index contributed by atoms with van der Waals surface area (Å²) in [5, 5.41) is 2.82. The van der Waals surface area contributed by atoms with Crippen LogP contribution in [0, 0.1) is 19.7 Å². The first-order valence-electron chi connectivity index (χ1n) is 8.17. The van der Waals surface area contributed by atoms with Crippen molar-refractivity contribution in [3.05, 3.63) is 65.0 Å². The van der Waals surface area contributed by atoms with E-state index in [1.807, 2.05) is 39.0 Å². The molecule has 0 aliphatic heterocycles. The maximum Gasteiger partial charge on any atom is 0.241 e. The Labute approximate surface area is 153 Å². The molecule has 1 N–H and O–H groups in total. The van der Waals surface area contributed by atoms with Gasteiger partial charge in [-0.2, -0.15) is 0 Å². The zero-order valence-corrected chi connectivity index (χ0v) is 16.1. The molecule has 2 aromatic carbocycles. The molecule has 2 aromatic rings. The van der Waals surface area contributed by atoms with E-state index in [0.29, 0.717) is 0 Å². The number of rotatable bonds is 6. The van der Waals surface area contributed by atoms with Gasteiger partial charge in [-0.1, -0.05) is 23.8 Å². The first kappa shape index (κ1) is 19.9. The molecule has 0 spiro atoms. The van der Waals surface area contributed by atoms with E-state index in [4.69, 9.17) is 0 Å². The molecule has 1 amide bonds. The van der Waals surface area contributed by atoms with Crippen LogP contribution in [0.3, 0.4) is 0 Å². The summed E-state index contributed by atoms with van der Waals surface area (Å²) in [6, 6.07) is 10.6. The van der Waals surface area contributed by atoms with Crippen LogP contribution in [0.15, 0.2) is 42.5 Å². The van der Waals surface area contributed by atoms with Gasteiger partial charge in [0.05, 0.1) is 18.0 Å². The van der Waals surface area contributed by atoms with Crippen LogP contribution >= 0.6 is 0 Å². The fourth-order valence-corrected chi connectivity index (χ4v) is 3.67. The number of nitrogens with one attached hydrogen (secondary N) is 1. The molecule has 7 heteroatoms. The zero-order valence-electron chi connectivity index (χ0n) is 15.3. The smallest absolute Gasteiger partial charge is 0.241 e. The highest BCUT2D eigenvalue weighted by Gasteiger charge is 2.22. The fraction of sp³-hybridized carbons (Fsp3) is 0.316. The Hall–Kier alpha value is -2.41. The maximum atomic E-state index is 13.1. The highest BCUT2D eigenvalue weighted by Crippen LogP contribution is 2.20. The molecule has 0 radical (unpaired) electrons. The molecule has 1 unspecified atom stereocenters. The lowest BCUT2D eigenvalue weighted by atomic mass is 10.0. The van der Waals surface area contributed by atoms with Crippen molar-refractivity contribution in [1.82, 2.24) is 5.32 Å². The number of carbonyl (C=O) groups is 1. The van der Waals surface area contributed by atoms with Crippen LogP contribution in [-0.4, -0.2) is 27.1 Å². The Morgan fingerprint density at radius 2 is 1.77 bits per heavy atom. The molecule has 0 saturated carbocycles. The zero-order chi connectivity index (χ0) is 19.5. The molecular weight excluding hydrogens is 355 g/mol. The highest BCUT2D eigenvalue weighted by atomic mass is 32.2. The monoisotopic (exact) mass is 378 g/mol. The van der Waals surface area contributed by atoms with E-state index in [9.17, 15) is 17.6 Å². The SMILES string of the molecule is Cc1ccc(C(C)NC(=O)CN(c2ccc(F)cc2)S(C)(=O)=O)c(C)c1. The second-order valence-corrected chi connectivity index (χ2v) is 8.30. The van der Waals surface area contributed by atoms with Gasteiger partial charge < -0.3 is 5.32 Å². The van der Waals surface area contributed by atoms with Crippen LogP contribution < -0.4 is 9.62 Å². The largest absolute Gasteiger partial charge is 0.348 e. The van der Waals surface area contributed by atoms with Gasteiger partial charge in [0.1, 0.15) is 12.4 Å². The predicted octanol–water partition coefficient (Wildman–Crippen LogP) is 3.09. The van der Waals surface area contributed by atoms with E-state index in [0.717, 1.165) is 39.4 Å². The molecule has 0 aliphatic carbocycles. The summed E-state index contributed by atoms with van der Waals surface area (Å²) in [5.74, 6) is -0.914. The summed E-state index contributed by atoms with van der Waals surface area (Å²) >= 11 is 0. The molecule has 0 aromatic heterocycles. The van der Waals surface area contributed by atoms with E-state index in [1.165, 1.54) is 12.1 Å². The number of carbonyl (C=O) groups excluding carboxylic acids is 1. The number of halogens is 1. The Morgan fingerprint density at radius 1 is 1.15 bits per heavy atom. The molecule has 1 atom stereocenters. The average Bonchev–Trinajstić information content (AvgIpc) is 2.52. The molecule has 0 aliphatic rings. The second kappa shape index (κ2) is 7.86. The predicted molar refractivity (Wildman–Crippen MR) is 101 cm³/mol. The van der Waals surface area contributed by atoms with E-state index in [-0.39, 0.29) is 18.3 Å². The molecule has 140 valence electrons. The number of nitrogens with zero attached hydrogens (tertiary/aromatic N) is 1. The second-order valence-electron chi connectivity index (χ2n) is 6.40. The lowest BCUT2D eigenvalue weighted by Gasteiger charge is -2.23. The normalized spacial score (nSPS) is 12.5. The molecule has 0 bridgehead atoms. The van der Waals surface area contributed by atoms with Crippen molar-refractivity contribution in [2.24, 2.45) is 0 Å². The Balaban J connectivity index is 2.15. The molecule has 0 fully saturated rings. The van der Waals surface area contributed by atoms with Gasteiger partial charge in [-0.15, -0.1) is 0 Å². The van der Waals surface area contributed by atoms with Crippen LogP contribution in [-0.2, 0) is 14.8 Å². The fourth-order valence-electron chi connectivity index (χ4n) is 2.81. The number of aryl methyl sites for hydroxylation is 2. The highest BCUT2D eigenvalue weighted by molar-refractivity contribution is 7.92. The first-order valence-corrected chi connectivity index (χ1v) is 10.0. The third-order valence-corrected chi connectivity index (χ3v) is 5.21. The Bertz CT molecular complexity index is 896. The summed E-state index contributed by atoms with van der Waals surface area (Å²) in [4.78, 5) is 12.4. The van der Waals surface area contributed by atoms with Gasteiger partial charge in [-0.05, 0) is 56.2 Å². The van der Waals surface area contributed by atoms with Crippen LogP contribution in [0.2, 0.25) is 0 Å². The van der Waals surface area contributed by atoms with Crippen LogP contribution in [0.4, 0.5) is 10.1 Å². The number of sulfonamides is 1. The molecule has 2 rings (SSSR count). The summed E-state index contributed by atoms with van der Waals surface area (Å²) in [6.07, 6.45) is 1.01. The minimum atomic E-state index is -3.69. The van der Waals surface area contributed by atoms with Gasteiger partial charge in [0.2, 0.25) is 15.9 Å². The van der Waals surface area contributed by atoms with Crippen molar-refractivity contribution in [2.75, 3.05) is 17.1 Å². The summed E-state index contributed by atoms with van der Waals surface area (Å²) in [5.41, 5.74) is 3.39. The van der Waals surface area contributed by atoms with Crippen LogP contribution in [0.25, 0.3) is 0 Å². The van der Waals surface area contributed by atoms with E-state index in [1.54, 1.807) is 0 Å². The first-order chi connectivity index (χ1) is 12.1.